The molecule has 10 heteroatoms. The van der Waals surface area contributed by atoms with E-state index in [0.717, 1.165) is 4.41 Å². The second-order valence-corrected chi connectivity index (χ2v) is 12.2. The molecule has 1 aromatic heterocycles. The van der Waals surface area contributed by atoms with Crippen molar-refractivity contribution in [2.24, 2.45) is 5.10 Å². The third-order valence-corrected chi connectivity index (χ3v) is 8.05. The Morgan fingerprint density at radius 1 is 0.974 bits per heavy atom. The summed E-state index contributed by atoms with van der Waals surface area (Å²) < 4.78 is 63.3. The number of sulfonamides is 1. The Hall–Kier alpha value is -4.05. The van der Waals surface area contributed by atoms with Gasteiger partial charge in [0.15, 0.2) is 0 Å². The Morgan fingerprint density at radius 2 is 1.64 bits per heavy atom. The van der Waals surface area contributed by atoms with Crippen LogP contribution >= 0.6 is 0 Å². The minimum atomic E-state index is -4.04. The first-order valence-electron chi connectivity index (χ1n) is 12.3. The zero-order valence-corrected chi connectivity index (χ0v) is 22.7. The maximum Gasteiger partial charge on any atom is 0.326 e. The van der Waals surface area contributed by atoms with Crippen molar-refractivity contribution in [1.29, 1.82) is 0 Å². The topological polar surface area (TPSA) is 81.0 Å². The van der Waals surface area contributed by atoms with E-state index in [2.05, 4.69) is 5.10 Å². The monoisotopic (exact) mass is 551 g/mol. The number of benzene rings is 3. The van der Waals surface area contributed by atoms with Gasteiger partial charge in [-0.3, -0.25) is 4.79 Å². The van der Waals surface area contributed by atoms with Gasteiger partial charge in [0.25, 0.3) is 10.0 Å². The van der Waals surface area contributed by atoms with Gasteiger partial charge in [-0.05, 0) is 69.7 Å². The molecule has 0 fully saturated rings. The number of fused-ring (bicyclic) bond motifs is 2. The van der Waals surface area contributed by atoms with E-state index in [-0.39, 0.29) is 18.0 Å². The molecule has 0 atom stereocenters. The summed E-state index contributed by atoms with van der Waals surface area (Å²) in [5.74, 6) is -1.39. The fraction of sp³-hybridized carbons (Fsp3) is 0.241. The molecule has 0 unspecified atom stereocenters. The second kappa shape index (κ2) is 9.60. The van der Waals surface area contributed by atoms with E-state index in [0.29, 0.717) is 39.0 Å². The number of hydrogen-bond acceptors (Lipinski definition) is 5. The van der Waals surface area contributed by atoms with Gasteiger partial charge in [-0.15, -0.1) is 0 Å². The predicted molar refractivity (Wildman–Crippen MR) is 144 cm³/mol. The molecule has 0 amide bonds. The van der Waals surface area contributed by atoms with Gasteiger partial charge >= 0.3 is 5.97 Å². The van der Waals surface area contributed by atoms with E-state index in [1.807, 2.05) is 0 Å². The van der Waals surface area contributed by atoms with Gasteiger partial charge in [0, 0.05) is 27.7 Å². The number of hydrazone groups is 1. The lowest BCUT2D eigenvalue weighted by Gasteiger charge is -2.27. The van der Waals surface area contributed by atoms with Gasteiger partial charge in [-0.2, -0.15) is 17.9 Å². The molecule has 3 aromatic carbocycles. The van der Waals surface area contributed by atoms with Crippen molar-refractivity contribution in [2.75, 3.05) is 0 Å². The molecule has 39 heavy (non-hydrogen) atoms. The lowest BCUT2D eigenvalue weighted by Crippen LogP contribution is -2.33. The van der Waals surface area contributed by atoms with Crippen LogP contribution in [0.4, 0.5) is 8.78 Å². The molecule has 0 aliphatic carbocycles. The van der Waals surface area contributed by atoms with Crippen molar-refractivity contribution in [3.05, 3.63) is 101 Å². The van der Waals surface area contributed by atoms with Crippen molar-refractivity contribution in [3.8, 4) is 0 Å². The fourth-order valence-electron chi connectivity index (χ4n) is 4.73. The quantitative estimate of drug-likeness (QED) is 0.306. The Balaban J connectivity index is 1.71. The molecule has 0 saturated carbocycles. The molecule has 202 valence electrons. The van der Waals surface area contributed by atoms with Gasteiger partial charge in [-0.1, -0.05) is 30.3 Å². The summed E-state index contributed by atoms with van der Waals surface area (Å²) in [7, 11) is -4.04. The first kappa shape index (κ1) is 26.6. The molecule has 5 rings (SSSR count). The Morgan fingerprint density at radius 3 is 2.33 bits per heavy atom. The SMILES string of the molecule is Cc1c(C2=NN(Cc3ccc(F)cc3)S(=O)(=O)c3ccccc32)c2cc(F)ccc2n1CC(=O)OC(C)(C)C. The van der Waals surface area contributed by atoms with E-state index >= 15 is 0 Å². The summed E-state index contributed by atoms with van der Waals surface area (Å²) in [5, 5.41) is 5.05. The highest BCUT2D eigenvalue weighted by Crippen LogP contribution is 2.35. The van der Waals surface area contributed by atoms with Gasteiger partial charge in [-0.25, -0.2) is 8.78 Å². The zero-order valence-electron chi connectivity index (χ0n) is 21.9. The zero-order chi connectivity index (χ0) is 28.1. The highest BCUT2D eigenvalue weighted by atomic mass is 32.2. The maximum atomic E-state index is 14.5. The lowest BCUT2D eigenvalue weighted by molar-refractivity contribution is -0.155. The molecular formula is C29H27F2N3O4S. The number of carbonyl (C=O) groups excluding carboxylic acids is 1. The van der Waals surface area contributed by atoms with Crippen LogP contribution in [0.5, 0.6) is 0 Å². The number of ether oxygens (including phenoxy) is 1. The average molecular weight is 552 g/mol. The first-order chi connectivity index (χ1) is 18.3. The van der Waals surface area contributed by atoms with Crippen molar-refractivity contribution >= 4 is 32.6 Å². The number of nitrogens with zero attached hydrogens (tertiary/aromatic N) is 3. The Kier molecular flexibility index (Phi) is 6.54. The van der Waals surface area contributed by atoms with Crippen LogP contribution < -0.4 is 0 Å². The molecule has 0 radical (unpaired) electrons. The van der Waals surface area contributed by atoms with Crippen LogP contribution in [0.15, 0.2) is 76.7 Å². The first-order valence-corrected chi connectivity index (χ1v) is 13.7. The molecule has 4 aromatic rings. The van der Waals surface area contributed by atoms with Crippen LogP contribution in [0.25, 0.3) is 10.9 Å². The van der Waals surface area contributed by atoms with Crippen molar-refractivity contribution in [3.63, 3.8) is 0 Å². The standard InChI is InChI=1S/C29H27F2N3O4S/c1-18-27(23-15-21(31)13-14-24(23)33(18)17-26(35)38-29(2,3)4)28-22-7-5-6-8-25(22)39(36,37)34(32-28)16-19-9-11-20(30)12-10-19/h5-15H,16-17H2,1-4H3. The van der Waals surface area contributed by atoms with E-state index in [4.69, 9.17) is 4.74 Å². The minimum Gasteiger partial charge on any atom is -0.459 e. The van der Waals surface area contributed by atoms with Crippen LogP contribution in [0.2, 0.25) is 0 Å². The lowest BCUT2D eigenvalue weighted by atomic mass is 9.99. The second-order valence-electron chi connectivity index (χ2n) is 10.4. The normalized spacial score (nSPS) is 14.7. The van der Waals surface area contributed by atoms with Gasteiger partial charge < -0.3 is 9.30 Å². The molecule has 0 saturated heterocycles. The molecule has 7 nitrogen and oxygen atoms in total. The number of esters is 1. The van der Waals surface area contributed by atoms with Crippen molar-refractivity contribution < 1.29 is 26.7 Å². The third kappa shape index (κ3) is 5.04. The van der Waals surface area contributed by atoms with Gasteiger partial charge in [0.1, 0.15) is 29.5 Å². The smallest absolute Gasteiger partial charge is 0.326 e. The largest absolute Gasteiger partial charge is 0.459 e. The summed E-state index contributed by atoms with van der Waals surface area (Å²) in [5.41, 5.74) is 2.20. The molecular weight excluding hydrogens is 524 g/mol. The van der Waals surface area contributed by atoms with Gasteiger partial charge in [0.05, 0.1) is 11.4 Å². The van der Waals surface area contributed by atoms with Crippen LogP contribution in [0, 0.1) is 18.6 Å². The highest BCUT2D eigenvalue weighted by molar-refractivity contribution is 7.89. The minimum absolute atomic E-state index is 0.0426. The van der Waals surface area contributed by atoms with Crippen molar-refractivity contribution in [1.82, 2.24) is 8.98 Å². The number of rotatable bonds is 5. The summed E-state index contributed by atoms with van der Waals surface area (Å²) >= 11 is 0. The third-order valence-electron chi connectivity index (χ3n) is 6.37. The van der Waals surface area contributed by atoms with Crippen LogP contribution in [0.1, 0.15) is 43.2 Å². The molecule has 1 aliphatic heterocycles. The maximum absolute atomic E-state index is 14.5. The molecule has 0 N–H and O–H groups in total. The summed E-state index contributed by atoms with van der Waals surface area (Å²) in [6, 6.07) is 16.2. The Labute approximate surface area is 225 Å². The summed E-state index contributed by atoms with van der Waals surface area (Å²) in [6.07, 6.45) is 0. The van der Waals surface area contributed by atoms with E-state index in [9.17, 15) is 22.0 Å². The summed E-state index contributed by atoms with van der Waals surface area (Å²) in [4.78, 5) is 12.8. The fourth-order valence-corrected chi connectivity index (χ4v) is 6.16. The van der Waals surface area contributed by atoms with Gasteiger partial charge in [0.2, 0.25) is 0 Å². The highest BCUT2D eigenvalue weighted by Gasteiger charge is 2.35. The Bertz CT molecular complexity index is 1740. The van der Waals surface area contributed by atoms with E-state index < -0.39 is 33.2 Å². The molecule has 2 heterocycles. The number of aromatic nitrogens is 1. The average Bonchev–Trinajstić information content (AvgIpc) is 3.11. The number of carbonyl (C=O) groups is 1. The van der Waals surface area contributed by atoms with Crippen LogP contribution in [-0.2, 0) is 32.6 Å². The van der Waals surface area contributed by atoms with E-state index in [1.54, 1.807) is 56.5 Å². The molecule has 0 spiro atoms. The number of hydrogen-bond donors (Lipinski definition) is 0. The van der Waals surface area contributed by atoms with E-state index in [1.165, 1.54) is 42.5 Å². The summed E-state index contributed by atoms with van der Waals surface area (Å²) in [6.45, 7) is 6.83. The van der Waals surface area contributed by atoms with Crippen LogP contribution in [-0.4, -0.2) is 34.7 Å². The van der Waals surface area contributed by atoms with Crippen LogP contribution in [0.3, 0.4) is 0 Å². The molecule has 0 bridgehead atoms. The van der Waals surface area contributed by atoms with Crippen molar-refractivity contribution in [2.45, 2.75) is 51.3 Å². The number of halogens is 2. The predicted octanol–water partition coefficient (Wildman–Crippen LogP) is 5.53. The molecule has 1 aliphatic rings.